The van der Waals surface area contributed by atoms with Crippen LogP contribution in [-0.2, 0) is 16.1 Å². The number of aliphatic hydroxyl groups is 1. The number of unbranched alkanes of at least 4 members (excludes halogenated alkanes) is 2. The molecule has 4 atom stereocenters. The van der Waals surface area contributed by atoms with Gasteiger partial charge in [-0.2, -0.15) is 0 Å². The summed E-state index contributed by atoms with van der Waals surface area (Å²) in [7, 11) is 1.69. The lowest BCUT2D eigenvalue weighted by atomic mass is 9.83. The number of carbonyl (C=O) groups is 2. The molecule has 4 unspecified atom stereocenters. The lowest BCUT2D eigenvalue weighted by molar-refractivity contribution is -0.127. The van der Waals surface area contributed by atoms with Crippen LogP contribution in [0, 0.1) is 23.7 Å². The second kappa shape index (κ2) is 20.8. The molecular formula is C35H62N4O5. The van der Waals surface area contributed by atoms with Crippen LogP contribution in [0.4, 0.5) is 0 Å². The highest BCUT2D eigenvalue weighted by Gasteiger charge is 2.30. The largest absolute Gasteiger partial charge is 0.493 e. The van der Waals surface area contributed by atoms with E-state index in [1.54, 1.807) is 7.11 Å². The zero-order chi connectivity index (χ0) is 32.5. The van der Waals surface area contributed by atoms with E-state index in [2.05, 4.69) is 36.3 Å². The van der Waals surface area contributed by atoms with Crippen molar-refractivity contribution in [3.05, 3.63) is 29.3 Å². The van der Waals surface area contributed by atoms with Crippen molar-refractivity contribution in [1.82, 2.24) is 15.5 Å². The Labute approximate surface area is 267 Å². The Kier molecular flexibility index (Phi) is 17.9. The molecule has 1 fully saturated rings. The van der Waals surface area contributed by atoms with Gasteiger partial charge >= 0.3 is 0 Å². The van der Waals surface area contributed by atoms with Crippen molar-refractivity contribution in [2.24, 2.45) is 29.4 Å². The van der Waals surface area contributed by atoms with Gasteiger partial charge in [0.05, 0.1) is 18.3 Å². The average Bonchev–Trinajstić information content (AvgIpc) is 3.50. The van der Waals surface area contributed by atoms with E-state index >= 15 is 0 Å². The van der Waals surface area contributed by atoms with Gasteiger partial charge in [0.15, 0.2) is 0 Å². The first kappa shape index (κ1) is 38.0. The molecule has 0 spiro atoms. The van der Waals surface area contributed by atoms with Crippen LogP contribution in [0.2, 0.25) is 0 Å². The fraction of sp³-hybridized carbons (Fsp3) is 0.771. The van der Waals surface area contributed by atoms with Gasteiger partial charge in [0.2, 0.25) is 5.91 Å². The molecule has 9 nitrogen and oxygen atoms in total. The first-order chi connectivity index (χ1) is 21.1. The fourth-order valence-corrected chi connectivity index (χ4v) is 5.75. The van der Waals surface area contributed by atoms with Crippen molar-refractivity contribution >= 4 is 11.8 Å². The number of hydrogen-bond acceptors (Lipinski definition) is 7. The molecule has 5 N–H and O–H groups in total. The number of amides is 2. The number of likely N-dealkylation sites (tertiary alicyclic amines) is 1. The van der Waals surface area contributed by atoms with Crippen molar-refractivity contribution in [3.63, 3.8) is 0 Å². The van der Waals surface area contributed by atoms with E-state index in [-0.39, 0.29) is 35.5 Å². The summed E-state index contributed by atoms with van der Waals surface area (Å²) in [6, 6.07) is 5.42. The monoisotopic (exact) mass is 618 g/mol. The van der Waals surface area contributed by atoms with Gasteiger partial charge in [-0.05, 0) is 93.5 Å². The van der Waals surface area contributed by atoms with E-state index < -0.39 is 12.1 Å². The van der Waals surface area contributed by atoms with Crippen LogP contribution in [0.1, 0.15) is 102 Å². The molecule has 0 aliphatic carbocycles. The van der Waals surface area contributed by atoms with Crippen LogP contribution in [0.25, 0.3) is 0 Å². The average molecular weight is 619 g/mol. The van der Waals surface area contributed by atoms with Crippen molar-refractivity contribution < 1.29 is 24.2 Å². The van der Waals surface area contributed by atoms with Crippen LogP contribution in [0.15, 0.2) is 18.2 Å². The van der Waals surface area contributed by atoms with Crippen LogP contribution in [-0.4, -0.2) is 80.5 Å². The van der Waals surface area contributed by atoms with Crippen LogP contribution >= 0.6 is 0 Å². The molecule has 0 aromatic heterocycles. The Morgan fingerprint density at radius 3 is 2.34 bits per heavy atom. The quantitative estimate of drug-likeness (QED) is 0.138. The third-order valence-corrected chi connectivity index (χ3v) is 8.90. The number of ether oxygens (including phenoxy) is 2. The second-order valence-corrected chi connectivity index (χ2v) is 13.3. The van der Waals surface area contributed by atoms with Gasteiger partial charge in [-0.25, -0.2) is 0 Å². The smallest absolute Gasteiger partial charge is 0.255 e. The first-order valence-corrected chi connectivity index (χ1v) is 17.0. The lowest BCUT2D eigenvalue weighted by Crippen LogP contribution is -2.44. The number of benzene rings is 1. The topological polar surface area (TPSA) is 126 Å². The minimum Gasteiger partial charge on any atom is -0.493 e. The van der Waals surface area contributed by atoms with E-state index in [9.17, 15) is 14.7 Å². The highest BCUT2D eigenvalue weighted by atomic mass is 16.5. The van der Waals surface area contributed by atoms with E-state index in [1.165, 1.54) is 12.8 Å². The van der Waals surface area contributed by atoms with Gasteiger partial charge in [0.1, 0.15) is 5.75 Å². The van der Waals surface area contributed by atoms with E-state index in [4.69, 9.17) is 15.2 Å². The normalized spacial score (nSPS) is 16.6. The first-order valence-electron chi connectivity index (χ1n) is 17.0. The molecule has 1 aliphatic rings. The minimum absolute atomic E-state index is 0.0180. The maximum atomic E-state index is 13.5. The zero-order valence-corrected chi connectivity index (χ0v) is 28.4. The van der Waals surface area contributed by atoms with Crippen molar-refractivity contribution in [2.75, 3.05) is 46.5 Å². The summed E-state index contributed by atoms with van der Waals surface area (Å²) < 4.78 is 11.3. The maximum Gasteiger partial charge on any atom is 0.255 e. The summed E-state index contributed by atoms with van der Waals surface area (Å²) in [4.78, 5) is 28.7. The standard InChI is InChI=1S/C35H62N4O5/c1-7-8-15-37-35(42)30(26(4)5)22-32(40)31(36)21-28(25(2)3)23-38-34(41)29-14-13-27(24-39-16-9-10-17-39)20-33(29)44-19-12-11-18-43-6/h13-14,20,25-26,28,30-32,40H,7-12,15-19,21-24,36H2,1-6H3,(H,37,42)(H,38,41). The van der Waals surface area contributed by atoms with Gasteiger partial charge in [0, 0.05) is 45.3 Å². The molecule has 0 radical (unpaired) electrons. The lowest BCUT2D eigenvalue weighted by Gasteiger charge is -2.30. The zero-order valence-electron chi connectivity index (χ0n) is 28.4. The number of rotatable bonds is 22. The van der Waals surface area contributed by atoms with Crippen molar-refractivity contribution in [2.45, 2.75) is 105 Å². The molecule has 1 aromatic carbocycles. The molecule has 1 aliphatic heterocycles. The van der Waals surface area contributed by atoms with E-state index in [0.717, 1.165) is 50.9 Å². The molecule has 0 saturated carbocycles. The van der Waals surface area contributed by atoms with Crippen molar-refractivity contribution in [3.8, 4) is 5.75 Å². The molecule has 252 valence electrons. The molecule has 2 rings (SSSR count). The predicted octanol–water partition coefficient (Wildman–Crippen LogP) is 4.75. The minimum atomic E-state index is -0.808. The fourth-order valence-electron chi connectivity index (χ4n) is 5.75. The summed E-state index contributed by atoms with van der Waals surface area (Å²) in [5, 5.41) is 17.2. The SMILES string of the molecule is CCCCNC(=O)C(CC(O)C(N)CC(CNC(=O)c1ccc(CN2CCCC2)cc1OCCCCOC)C(C)C)C(C)C. The number of hydrogen-bond donors (Lipinski definition) is 4. The third kappa shape index (κ3) is 13.4. The van der Waals surface area contributed by atoms with E-state index in [1.807, 2.05) is 32.0 Å². The predicted molar refractivity (Wildman–Crippen MR) is 178 cm³/mol. The van der Waals surface area contributed by atoms with Crippen LogP contribution < -0.4 is 21.1 Å². The van der Waals surface area contributed by atoms with E-state index in [0.29, 0.717) is 50.5 Å². The maximum absolute atomic E-state index is 13.5. The second-order valence-electron chi connectivity index (χ2n) is 13.3. The summed E-state index contributed by atoms with van der Waals surface area (Å²) in [6.45, 7) is 15.7. The Morgan fingerprint density at radius 2 is 1.70 bits per heavy atom. The van der Waals surface area contributed by atoms with Crippen LogP contribution in [0.5, 0.6) is 5.75 Å². The highest BCUT2D eigenvalue weighted by Crippen LogP contribution is 2.25. The summed E-state index contributed by atoms with van der Waals surface area (Å²) in [6.07, 6.45) is 6.21. The molecule has 1 saturated heterocycles. The highest BCUT2D eigenvalue weighted by molar-refractivity contribution is 5.97. The Hall–Kier alpha value is -2.20. The molecule has 2 amide bonds. The number of aliphatic hydroxyl groups excluding tert-OH is 1. The Morgan fingerprint density at radius 1 is 1.00 bits per heavy atom. The number of methoxy groups -OCH3 is 1. The third-order valence-electron chi connectivity index (χ3n) is 8.90. The Bertz CT molecular complexity index is 966. The van der Waals surface area contributed by atoms with Crippen LogP contribution in [0.3, 0.4) is 0 Å². The van der Waals surface area contributed by atoms with Gasteiger partial charge in [0.25, 0.3) is 5.91 Å². The molecule has 0 bridgehead atoms. The summed E-state index contributed by atoms with van der Waals surface area (Å²) >= 11 is 0. The number of carbonyl (C=O) groups excluding carboxylic acids is 2. The molecule has 9 heteroatoms. The van der Waals surface area contributed by atoms with Gasteiger partial charge in [-0.3, -0.25) is 14.5 Å². The molecule has 44 heavy (non-hydrogen) atoms. The number of nitrogens with two attached hydrogens (primary N) is 1. The summed E-state index contributed by atoms with van der Waals surface area (Å²) in [5.41, 5.74) is 8.19. The number of nitrogens with one attached hydrogen (secondary N) is 2. The van der Waals surface area contributed by atoms with Gasteiger partial charge in [-0.1, -0.05) is 47.1 Å². The Balaban J connectivity index is 2.03. The van der Waals surface area contributed by atoms with Crippen molar-refractivity contribution in [1.29, 1.82) is 0 Å². The molecule has 1 heterocycles. The number of nitrogens with zero attached hydrogens (tertiary/aromatic N) is 1. The summed E-state index contributed by atoms with van der Waals surface area (Å²) in [5.74, 6) is 0.520. The van der Waals surface area contributed by atoms with Gasteiger partial charge in [-0.15, -0.1) is 0 Å². The molecule has 1 aromatic rings. The van der Waals surface area contributed by atoms with Gasteiger partial charge < -0.3 is 30.9 Å². The molecular weight excluding hydrogens is 556 g/mol.